The predicted molar refractivity (Wildman–Crippen MR) is 93.2 cm³/mol. The van der Waals surface area contributed by atoms with Crippen molar-refractivity contribution in [3.8, 4) is 11.8 Å². The van der Waals surface area contributed by atoms with Gasteiger partial charge < -0.3 is 15.0 Å². The van der Waals surface area contributed by atoms with Crippen molar-refractivity contribution in [3.63, 3.8) is 0 Å². The van der Waals surface area contributed by atoms with Crippen molar-refractivity contribution < 1.29 is 14.3 Å². The number of nitrogens with zero attached hydrogens (tertiary/aromatic N) is 2. The molecule has 0 saturated carbocycles. The number of amides is 2. The van der Waals surface area contributed by atoms with Gasteiger partial charge in [-0.25, -0.2) is 0 Å². The highest BCUT2D eigenvalue weighted by Crippen LogP contribution is 2.27. The molecule has 0 unspecified atom stereocenters. The quantitative estimate of drug-likeness (QED) is 0.931. The van der Waals surface area contributed by atoms with Crippen molar-refractivity contribution in [1.82, 2.24) is 0 Å². The Kier molecular flexibility index (Phi) is 4.66. The van der Waals surface area contributed by atoms with E-state index in [1.54, 1.807) is 60.5 Å². The van der Waals surface area contributed by atoms with Gasteiger partial charge in [0.15, 0.2) is 0 Å². The Balaban J connectivity index is 1.71. The minimum Gasteiger partial charge on any atom is -0.497 e. The fraction of sp³-hybridized carbons (Fsp3) is 0.211. The van der Waals surface area contributed by atoms with Crippen molar-refractivity contribution in [2.24, 2.45) is 5.92 Å². The average Bonchev–Trinajstić information content (AvgIpc) is 3.04. The first-order valence-electron chi connectivity index (χ1n) is 7.87. The second kappa shape index (κ2) is 7.05. The summed E-state index contributed by atoms with van der Waals surface area (Å²) in [6, 6.07) is 16.0. The lowest BCUT2D eigenvalue weighted by molar-refractivity contribution is -0.122. The molecule has 2 amide bonds. The van der Waals surface area contributed by atoms with Gasteiger partial charge in [-0.1, -0.05) is 12.1 Å². The molecule has 25 heavy (non-hydrogen) atoms. The highest BCUT2D eigenvalue weighted by molar-refractivity contribution is 6.03. The van der Waals surface area contributed by atoms with Crippen LogP contribution in [-0.2, 0) is 9.59 Å². The van der Waals surface area contributed by atoms with Crippen LogP contribution in [0.25, 0.3) is 0 Å². The largest absolute Gasteiger partial charge is 0.497 e. The third kappa shape index (κ3) is 3.45. The van der Waals surface area contributed by atoms with Crippen LogP contribution in [0.1, 0.15) is 12.0 Å². The Bertz CT molecular complexity index is 840. The number of anilines is 2. The van der Waals surface area contributed by atoms with E-state index in [2.05, 4.69) is 5.32 Å². The molecule has 0 spiro atoms. The second-order valence-electron chi connectivity index (χ2n) is 5.75. The molecule has 6 nitrogen and oxygen atoms in total. The third-order valence-corrected chi connectivity index (χ3v) is 4.19. The number of methoxy groups -OCH3 is 1. The third-order valence-electron chi connectivity index (χ3n) is 4.19. The lowest BCUT2D eigenvalue weighted by Crippen LogP contribution is -2.28. The highest BCUT2D eigenvalue weighted by Gasteiger charge is 2.35. The first kappa shape index (κ1) is 16.5. The molecule has 1 aliphatic rings. The van der Waals surface area contributed by atoms with E-state index in [0.717, 1.165) is 5.69 Å². The standard InChI is InChI=1S/C19H17N3O3/c1-25-16-8-6-15(7-9-16)22-12-14(10-18(22)23)19(24)21-17-5-3-2-4-13(17)11-20/h2-9,14H,10,12H2,1H3,(H,21,24)/t14-/m1/s1. The fourth-order valence-electron chi connectivity index (χ4n) is 2.82. The minimum atomic E-state index is -0.457. The van der Waals surface area contributed by atoms with Crippen LogP contribution < -0.4 is 15.0 Å². The van der Waals surface area contributed by atoms with Gasteiger partial charge in [0.2, 0.25) is 11.8 Å². The SMILES string of the molecule is COc1ccc(N2C[C@H](C(=O)Nc3ccccc3C#N)CC2=O)cc1. The van der Waals surface area contributed by atoms with Crippen LogP contribution in [0.15, 0.2) is 48.5 Å². The van der Waals surface area contributed by atoms with Crippen LogP contribution in [0.4, 0.5) is 11.4 Å². The number of carbonyl (C=O) groups is 2. The van der Waals surface area contributed by atoms with Gasteiger partial charge in [0, 0.05) is 18.7 Å². The number of carbonyl (C=O) groups excluding carboxylic acids is 2. The van der Waals surface area contributed by atoms with Gasteiger partial charge >= 0.3 is 0 Å². The number of benzene rings is 2. The van der Waals surface area contributed by atoms with Crippen LogP contribution in [0.5, 0.6) is 5.75 Å². The Morgan fingerprint density at radius 1 is 1.24 bits per heavy atom. The first-order chi connectivity index (χ1) is 12.1. The van der Waals surface area contributed by atoms with Gasteiger partial charge in [-0.3, -0.25) is 9.59 Å². The maximum atomic E-state index is 12.5. The van der Waals surface area contributed by atoms with Gasteiger partial charge in [-0.15, -0.1) is 0 Å². The number of para-hydroxylation sites is 1. The average molecular weight is 335 g/mol. The minimum absolute atomic E-state index is 0.0983. The summed E-state index contributed by atoms with van der Waals surface area (Å²) in [5.74, 6) is -0.106. The topological polar surface area (TPSA) is 82.4 Å². The predicted octanol–water partition coefficient (Wildman–Crippen LogP) is 2.56. The lowest BCUT2D eigenvalue weighted by Gasteiger charge is -2.17. The van der Waals surface area contributed by atoms with E-state index in [1.807, 2.05) is 6.07 Å². The molecule has 126 valence electrons. The molecular weight excluding hydrogens is 318 g/mol. The summed E-state index contributed by atoms with van der Waals surface area (Å²) in [5, 5.41) is 11.9. The Labute approximate surface area is 145 Å². The molecule has 0 aliphatic carbocycles. The molecule has 2 aromatic carbocycles. The van der Waals surface area contributed by atoms with E-state index in [4.69, 9.17) is 10.00 Å². The molecule has 1 heterocycles. The summed E-state index contributed by atoms with van der Waals surface area (Å²) in [5.41, 5.74) is 1.59. The first-order valence-corrected chi connectivity index (χ1v) is 7.87. The van der Waals surface area contributed by atoms with Gasteiger partial charge in [0.05, 0.1) is 24.3 Å². The van der Waals surface area contributed by atoms with Gasteiger partial charge in [0.25, 0.3) is 0 Å². The molecular formula is C19H17N3O3. The number of ether oxygens (including phenoxy) is 1. The molecule has 6 heteroatoms. The molecule has 1 saturated heterocycles. The van der Waals surface area contributed by atoms with E-state index < -0.39 is 5.92 Å². The monoisotopic (exact) mass is 335 g/mol. The summed E-state index contributed by atoms with van der Waals surface area (Å²) in [6.45, 7) is 0.311. The zero-order valence-corrected chi connectivity index (χ0v) is 13.7. The zero-order chi connectivity index (χ0) is 17.8. The van der Waals surface area contributed by atoms with E-state index in [-0.39, 0.29) is 18.2 Å². The molecule has 0 bridgehead atoms. The van der Waals surface area contributed by atoms with E-state index in [9.17, 15) is 9.59 Å². The Hall–Kier alpha value is -3.33. The van der Waals surface area contributed by atoms with Crippen molar-refractivity contribution in [1.29, 1.82) is 5.26 Å². The summed E-state index contributed by atoms with van der Waals surface area (Å²) in [7, 11) is 1.58. The molecule has 1 fully saturated rings. The molecule has 3 rings (SSSR count). The Morgan fingerprint density at radius 2 is 1.96 bits per heavy atom. The normalized spacial score (nSPS) is 16.4. The molecule has 1 aliphatic heterocycles. The number of hydrogen-bond donors (Lipinski definition) is 1. The van der Waals surface area contributed by atoms with Gasteiger partial charge in [-0.2, -0.15) is 5.26 Å². The Morgan fingerprint density at radius 3 is 2.64 bits per heavy atom. The summed E-state index contributed by atoms with van der Waals surface area (Å²) < 4.78 is 5.11. The van der Waals surface area contributed by atoms with E-state index >= 15 is 0 Å². The molecule has 2 aromatic rings. The van der Waals surface area contributed by atoms with Crippen LogP contribution in [-0.4, -0.2) is 25.5 Å². The van der Waals surface area contributed by atoms with Crippen molar-refractivity contribution in [2.75, 3.05) is 23.9 Å². The van der Waals surface area contributed by atoms with Crippen LogP contribution >= 0.6 is 0 Å². The molecule has 0 aromatic heterocycles. The lowest BCUT2D eigenvalue weighted by atomic mass is 10.1. The highest BCUT2D eigenvalue weighted by atomic mass is 16.5. The molecule has 1 atom stereocenters. The summed E-state index contributed by atoms with van der Waals surface area (Å²) >= 11 is 0. The van der Waals surface area contributed by atoms with Gasteiger partial charge in [-0.05, 0) is 36.4 Å². The maximum Gasteiger partial charge on any atom is 0.229 e. The van der Waals surface area contributed by atoms with Crippen LogP contribution in [0.3, 0.4) is 0 Å². The number of nitrogens with one attached hydrogen (secondary N) is 1. The maximum absolute atomic E-state index is 12.5. The van der Waals surface area contributed by atoms with Crippen LogP contribution in [0, 0.1) is 17.2 Å². The summed E-state index contributed by atoms with van der Waals surface area (Å²) in [4.78, 5) is 26.4. The fourth-order valence-corrected chi connectivity index (χ4v) is 2.82. The van der Waals surface area contributed by atoms with Crippen molar-refractivity contribution in [3.05, 3.63) is 54.1 Å². The second-order valence-corrected chi connectivity index (χ2v) is 5.75. The zero-order valence-electron chi connectivity index (χ0n) is 13.7. The van der Waals surface area contributed by atoms with Crippen molar-refractivity contribution in [2.45, 2.75) is 6.42 Å². The van der Waals surface area contributed by atoms with E-state index in [0.29, 0.717) is 23.5 Å². The number of hydrogen-bond acceptors (Lipinski definition) is 4. The molecule has 1 N–H and O–H groups in total. The summed E-state index contributed by atoms with van der Waals surface area (Å²) in [6.07, 6.45) is 0.145. The number of nitriles is 1. The van der Waals surface area contributed by atoms with E-state index in [1.165, 1.54) is 0 Å². The molecule has 0 radical (unpaired) electrons. The smallest absolute Gasteiger partial charge is 0.229 e. The van der Waals surface area contributed by atoms with Crippen molar-refractivity contribution >= 4 is 23.2 Å². The number of rotatable bonds is 4. The van der Waals surface area contributed by atoms with Gasteiger partial charge in [0.1, 0.15) is 11.8 Å². The van der Waals surface area contributed by atoms with Crippen LogP contribution in [0.2, 0.25) is 0 Å².